The van der Waals surface area contributed by atoms with Gasteiger partial charge in [0.25, 0.3) is 5.91 Å². The molecule has 4 fully saturated rings. The molecular weight excluding hydrogens is 581 g/mol. The number of carbonyl (C=O) groups excluding carboxylic acids is 2. The van der Waals surface area contributed by atoms with Crippen molar-refractivity contribution in [1.29, 1.82) is 0 Å². The minimum atomic E-state index is -3.90. The Bertz CT molecular complexity index is 1510. The van der Waals surface area contributed by atoms with Crippen LogP contribution in [0.2, 0.25) is 0 Å². The summed E-state index contributed by atoms with van der Waals surface area (Å²) in [5, 5.41) is 3.07. The normalized spacial score (nSPS) is 28.6. The number of amides is 2. The predicted octanol–water partition coefficient (Wildman–Crippen LogP) is 2.72. The van der Waals surface area contributed by atoms with Gasteiger partial charge in [0.15, 0.2) is 0 Å². The van der Waals surface area contributed by atoms with E-state index in [2.05, 4.69) is 55.1 Å². The fourth-order valence-corrected chi connectivity index (χ4v) is 8.59. The van der Waals surface area contributed by atoms with Crippen LogP contribution in [0.3, 0.4) is 0 Å². The van der Waals surface area contributed by atoms with Crippen LogP contribution in [0.15, 0.2) is 42.7 Å². The van der Waals surface area contributed by atoms with Gasteiger partial charge in [-0.05, 0) is 68.8 Å². The number of aromatic nitrogens is 2. The van der Waals surface area contributed by atoms with Crippen molar-refractivity contribution in [1.82, 2.24) is 19.6 Å². The van der Waals surface area contributed by atoms with E-state index in [1.54, 1.807) is 0 Å². The number of nitrogens with one attached hydrogen (secondary N) is 1. The molecule has 0 spiro atoms. The number of aryl methyl sites for hydroxylation is 1. The summed E-state index contributed by atoms with van der Waals surface area (Å²) in [5.41, 5.74) is 5.45. The summed E-state index contributed by atoms with van der Waals surface area (Å²) in [6.07, 6.45) is 6.55. The zero-order valence-corrected chi connectivity index (χ0v) is 27.3. The van der Waals surface area contributed by atoms with E-state index in [-0.39, 0.29) is 16.8 Å². The topological polar surface area (TPSA) is 154 Å². The van der Waals surface area contributed by atoms with E-state index < -0.39 is 57.8 Å². The molecule has 44 heavy (non-hydrogen) atoms. The van der Waals surface area contributed by atoms with Crippen molar-refractivity contribution in [3.63, 3.8) is 0 Å². The maximum Gasteiger partial charge on any atom is 0.481 e. The molecular formula is C31H44BN5O6S. The summed E-state index contributed by atoms with van der Waals surface area (Å²) >= 11 is 0. The number of primary amides is 1. The van der Waals surface area contributed by atoms with Gasteiger partial charge in [0, 0.05) is 26.5 Å². The van der Waals surface area contributed by atoms with E-state index in [1.165, 1.54) is 32.1 Å². The summed E-state index contributed by atoms with van der Waals surface area (Å²) < 4.78 is 40.7. The number of nitrogens with zero attached hydrogens (tertiary/aromatic N) is 3. The first-order valence-electron chi connectivity index (χ1n) is 15.3. The van der Waals surface area contributed by atoms with E-state index in [0.29, 0.717) is 18.3 Å². The third kappa shape index (κ3) is 5.79. The smallest absolute Gasteiger partial charge is 0.402 e. The van der Waals surface area contributed by atoms with Crippen LogP contribution >= 0.6 is 0 Å². The summed E-state index contributed by atoms with van der Waals surface area (Å²) in [4.78, 5) is 34.6. The van der Waals surface area contributed by atoms with Gasteiger partial charge in [-0.3, -0.25) is 14.6 Å². The van der Waals surface area contributed by atoms with Gasteiger partial charge in [-0.15, -0.1) is 0 Å². The Labute approximate surface area is 260 Å². The van der Waals surface area contributed by atoms with Gasteiger partial charge in [-0.2, -0.15) is 0 Å². The highest BCUT2D eigenvalue weighted by molar-refractivity contribution is 7.89. The highest BCUT2D eigenvalue weighted by Gasteiger charge is 2.73. The molecule has 1 aromatic heterocycles. The zero-order valence-electron chi connectivity index (χ0n) is 26.4. The van der Waals surface area contributed by atoms with Gasteiger partial charge in [0.2, 0.25) is 15.9 Å². The summed E-state index contributed by atoms with van der Waals surface area (Å²) in [6, 6.07) is 10.1. The second kappa shape index (κ2) is 11.8. The van der Waals surface area contributed by atoms with Crippen LogP contribution in [0.5, 0.6) is 0 Å². The lowest BCUT2D eigenvalue weighted by Gasteiger charge is -2.67. The average Bonchev–Trinajstić information content (AvgIpc) is 3.26. The Morgan fingerprint density at radius 2 is 1.80 bits per heavy atom. The molecule has 1 aliphatic heterocycles. The molecule has 3 aliphatic carbocycles. The Morgan fingerprint density at radius 3 is 2.43 bits per heavy atom. The molecule has 3 N–H and O–H groups in total. The minimum absolute atomic E-state index is 0.0885. The lowest BCUT2D eigenvalue weighted by molar-refractivity contribution is -0.235. The van der Waals surface area contributed by atoms with Gasteiger partial charge in [-0.25, -0.2) is 17.7 Å². The molecule has 6 rings (SSSR count). The monoisotopic (exact) mass is 625 g/mol. The number of hydrogen-bond acceptors (Lipinski definition) is 8. The number of rotatable bonds is 12. The van der Waals surface area contributed by atoms with Gasteiger partial charge in [-0.1, -0.05) is 44.2 Å². The molecule has 4 aliphatic rings. The molecule has 1 aromatic carbocycles. The molecule has 13 heteroatoms. The molecule has 2 heterocycles. The Hall–Kier alpha value is -2.87. The van der Waals surface area contributed by atoms with E-state index in [0.717, 1.165) is 30.0 Å². The molecule has 0 unspecified atom stereocenters. The van der Waals surface area contributed by atoms with E-state index >= 15 is 0 Å². The summed E-state index contributed by atoms with van der Waals surface area (Å²) in [7, 11) is -1.87. The molecule has 3 saturated carbocycles. The lowest BCUT2D eigenvalue weighted by Crippen LogP contribution is -2.70. The Kier molecular flexibility index (Phi) is 8.73. The standard InChI is InChI=1S/C31H44BN5O6S/c1-29(2)21-17-23(29)31(4)30(3,18-21)42-32(43-31)24(14-10-13-20-11-8-7-9-12-20)36-28(39)22(19-44(40,41)37(5)6)25-26(27(33)38)35-16-15-34-25/h7-9,11-12,15-16,21-24H,10,13-14,17-19H2,1-6H3,(H2,33,38)(H,36,39)/t21-,22+,23-,24-,30+,31-/m0/s1. The minimum Gasteiger partial charge on any atom is -0.402 e. The third-order valence-corrected chi connectivity index (χ3v) is 12.4. The van der Waals surface area contributed by atoms with Crippen molar-refractivity contribution in [2.24, 2.45) is 23.0 Å². The van der Waals surface area contributed by atoms with Crippen molar-refractivity contribution < 1.29 is 27.3 Å². The van der Waals surface area contributed by atoms with Crippen LogP contribution in [0.1, 0.15) is 81.0 Å². The van der Waals surface area contributed by atoms with Gasteiger partial charge < -0.3 is 20.4 Å². The van der Waals surface area contributed by atoms with Crippen molar-refractivity contribution in [3.05, 3.63) is 59.7 Å². The van der Waals surface area contributed by atoms with Crippen molar-refractivity contribution >= 4 is 29.0 Å². The fourth-order valence-electron chi connectivity index (χ4n) is 7.56. The van der Waals surface area contributed by atoms with Crippen LogP contribution in [0.4, 0.5) is 0 Å². The lowest BCUT2D eigenvalue weighted by atomic mass is 9.41. The Morgan fingerprint density at radius 1 is 1.11 bits per heavy atom. The zero-order chi connectivity index (χ0) is 32.1. The van der Waals surface area contributed by atoms with Crippen LogP contribution in [-0.4, -0.2) is 78.6 Å². The first-order chi connectivity index (χ1) is 20.6. The van der Waals surface area contributed by atoms with Crippen LogP contribution in [-0.2, 0) is 30.5 Å². The third-order valence-electron chi connectivity index (χ3n) is 10.6. The molecule has 2 bridgehead atoms. The Balaban J connectivity index is 1.45. The quantitative estimate of drug-likeness (QED) is 0.342. The van der Waals surface area contributed by atoms with E-state index in [1.807, 2.05) is 18.2 Å². The maximum atomic E-state index is 14.1. The van der Waals surface area contributed by atoms with Crippen LogP contribution in [0, 0.1) is 17.3 Å². The molecule has 1 saturated heterocycles. The number of nitrogens with two attached hydrogens (primary N) is 1. The second-order valence-electron chi connectivity index (χ2n) is 13.7. The van der Waals surface area contributed by atoms with E-state index in [9.17, 15) is 18.0 Å². The number of sulfonamides is 1. The number of benzene rings is 1. The highest BCUT2D eigenvalue weighted by atomic mass is 32.2. The SMILES string of the molecule is CN(C)S(=O)(=O)C[C@@H](C(=O)N[C@@H](CCCc1ccccc1)B1O[C@]2(C)C[C@@H]3C[C@@H](C3(C)C)[C@]2(C)O1)c1nccnc1C(N)=O. The first kappa shape index (κ1) is 32.5. The molecule has 6 atom stereocenters. The molecule has 238 valence electrons. The molecule has 2 aromatic rings. The molecule has 2 amide bonds. The largest absolute Gasteiger partial charge is 0.481 e. The molecule has 11 nitrogen and oxygen atoms in total. The maximum absolute atomic E-state index is 14.1. The van der Waals surface area contributed by atoms with Crippen LogP contribution < -0.4 is 11.1 Å². The van der Waals surface area contributed by atoms with Crippen molar-refractivity contribution in [3.8, 4) is 0 Å². The predicted molar refractivity (Wildman–Crippen MR) is 167 cm³/mol. The van der Waals surface area contributed by atoms with Gasteiger partial charge >= 0.3 is 7.12 Å². The van der Waals surface area contributed by atoms with Gasteiger partial charge in [0.05, 0.1) is 34.5 Å². The van der Waals surface area contributed by atoms with Gasteiger partial charge in [0.1, 0.15) is 5.69 Å². The summed E-state index contributed by atoms with van der Waals surface area (Å²) in [5.74, 6) is -3.25. The average molecular weight is 626 g/mol. The number of hydrogen-bond donors (Lipinski definition) is 2. The van der Waals surface area contributed by atoms with Crippen LogP contribution in [0.25, 0.3) is 0 Å². The fraction of sp³-hybridized carbons (Fsp3) is 0.613. The first-order valence-corrected chi connectivity index (χ1v) is 16.9. The number of carbonyl (C=O) groups is 2. The second-order valence-corrected chi connectivity index (χ2v) is 15.9. The van der Waals surface area contributed by atoms with Crippen molar-refractivity contribution in [2.45, 2.75) is 82.9 Å². The summed E-state index contributed by atoms with van der Waals surface area (Å²) in [6.45, 7) is 8.82. The highest BCUT2D eigenvalue weighted by Crippen LogP contribution is 2.69. The van der Waals surface area contributed by atoms with E-state index in [4.69, 9.17) is 15.0 Å². The molecule has 0 radical (unpaired) electrons. The van der Waals surface area contributed by atoms with Crippen molar-refractivity contribution in [2.75, 3.05) is 19.8 Å².